The molecule has 1 amide bonds. The van der Waals surface area contributed by atoms with Gasteiger partial charge in [-0.15, -0.1) is 0 Å². The van der Waals surface area contributed by atoms with Crippen LogP contribution in [0.5, 0.6) is 5.75 Å². The summed E-state index contributed by atoms with van der Waals surface area (Å²) in [5.41, 5.74) is 14.9. The Morgan fingerprint density at radius 1 is 0.756 bits per heavy atom. The zero-order valence-corrected chi connectivity index (χ0v) is 49.7. The van der Waals surface area contributed by atoms with E-state index in [0.29, 0.717) is 73.9 Å². The molecule has 4 aliphatic rings. The number of H-pyrrole nitrogens is 4. The van der Waals surface area contributed by atoms with Gasteiger partial charge in [0.2, 0.25) is 5.91 Å². The molecule has 7 N–H and O–H groups in total. The number of Topliss-reactive ketones (excluding diaryl/α,β-unsaturated/α-hetero) is 2. The molecule has 0 saturated carbocycles. The zero-order chi connectivity index (χ0) is 60.4. The maximum Gasteiger partial charge on any atom is 0.325 e. The van der Waals surface area contributed by atoms with Crippen LogP contribution in [0.2, 0.25) is 0 Å². The first-order chi connectivity index (χ1) is 41.4. The first-order valence-corrected chi connectivity index (χ1v) is 29.9. The molecule has 5 aromatic heterocycles. The van der Waals surface area contributed by atoms with Gasteiger partial charge >= 0.3 is 11.9 Å². The number of carboxylic acid groups (broad SMARTS) is 1. The third-order valence-corrected chi connectivity index (χ3v) is 18.6. The van der Waals surface area contributed by atoms with Crippen molar-refractivity contribution in [2.75, 3.05) is 33.8 Å². The summed E-state index contributed by atoms with van der Waals surface area (Å²) in [6.07, 6.45) is 2.01. The molecule has 8 bridgehead atoms. The summed E-state index contributed by atoms with van der Waals surface area (Å²) >= 11 is 0. The Kier molecular flexibility index (Phi) is 15.7. The molecule has 19 nitrogen and oxygen atoms in total. The van der Waals surface area contributed by atoms with E-state index in [1.807, 2.05) is 57.2 Å². The van der Waals surface area contributed by atoms with Crippen LogP contribution in [0.3, 0.4) is 0 Å². The Balaban J connectivity index is 0.718. The van der Waals surface area contributed by atoms with Crippen LogP contribution in [0.25, 0.3) is 66.9 Å². The Morgan fingerprint density at radius 2 is 1.43 bits per heavy atom. The van der Waals surface area contributed by atoms with E-state index in [-0.39, 0.29) is 66.8 Å². The van der Waals surface area contributed by atoms with E-state index >= 15 is 0 Å². The Labute approximate surface area is 496 Å². The van der Waals surface area contributed by atoms with Crippen LogP contribution in [0, 0.1) is 19.8 Å². The molecule has 8 aromatic rings. The van der Waals surface area contributed by atoms with Crippen LogP contribution in [0.15, 0.2) is 78.9 Å². The molecule has 444 valence electrons. The van der Waals surface area contributed by atoms with E-state index in [1.165, 1.54) is 12.7 Å². The number of carbonyl (C=O) groups is 5. The van der Waals surface area contributed by atoms with Crippen molar-refractivity contribution in [3.8, 4) is 28.5 Å². The number of amides is 1. The zero-order valence-electron chi connectivity index (χ0n) is 49.7. The van der Waals surface area contributed by atoms with Gasteiger partial charge in [-0.1, -0.05) is 26.8 Å². The normalized spacial score (nSPS) is 19.5. The van der Waals surface area contributed by atoms with Crippen LogP contribution in [0.4, 0.5) is 0 Å². The fraction of sp³-hybridized carbons (Fsp3) is 0.388. The molecule has 86 heavy (non-hydrogen) atoms. The molecule has 1 fully saturated rings. The largest absolute Gasteiger partial charge is 0.481 e. The van der Waals surface area contributed by atoms with Gasteiger partial charge in [-0.05, 0) is 175 Å². The van der Waals surface area contributed by atoms with Crippen LogP contribution in [0.1, 0.15) is 174 Å². The van der Waals surface area contributed by atoms with Crippen molar-refractivity contribution in [3.05, 3.63) is 135 Å². The van der Waals surface area contributed by atoms with Gasteiger partial charge in [-0.3, -0.25) is 33.9 Å². The number of hydrogen-bond donors (Lipinski definition) is 7. The lowest BCUT2D eigenvalue weighted by molar-refractivity contribution is -0.153. The number of carboxylic acids is 1. The molecule has 0 radical (unpaired) electrons. The Morgan fingerprint density at radius 3 is 2.16 bits per heavy atom. The number of nitrogens with zero attached hydrogens (tertiary/aromatic N) is 5. The summed E-state index contributed by atoms with van der Waals surface area (Å²) in [5, 5.41) is 24.5. The van der Waals surface area contributed by atoms with E-state index in [4.69, 9.17) is 29.4 Å². The first kappa shape index (κ1) is 57.8. The smallest absolute Gasteiger partial charge is 0.325 e. The number of aliphatic carboxylic acids is 1. The minimum Gasteiger partial charge on any atom is -0.481 e. The predicted octanol–water partition coefficient (Wildman–Crippen LogP) is 11.4. The number of hydrogen-bond acceptors (Lipinski definition) is 13. The minimum atomic E-state index is -1.50. The first-order valence-electron chi connectivity index (χ1n) is 29.9. The number of carbonyl (C=O) groups excluding carboxylic acids is 4. The Hall–Kier alpha value is -8.65. The second kappa shape index (κ2) is 23.3. The molecule has 7 atom stereocenters. The molecular weight excluding hydrogens is 1090 g/mol. The second-order valence-corrected chi connectivity index (χ2v) is 23.9. The highest BCUT2D eigenvalue weighted by atomic mass is 16.6. The number of methoxy groups -OCH3 is 1. The molecule has 0 spiro atoms. The van der Waals surface area contributed by atoms with Gasteiger partial charge in [-0.25, -0.2) is 9.97 Å². The van der Waals surface area contributed by atoms with E-state index < -0.39 is 36.0 Å². The monoisotopic (exact) mass is 1160 g/mol. The van der Waals surface area contributed by atoms with Crippen LogP contribution >= 0.6 is 0 Å². The van der Waals surface area contributed by atoms with E-state index in [2.05, 4.69) is 69.2 Å². The van der Waals surface area contributed by atoms with E-state index in [1.54, 1.807) is 31.2 Å². The summed E-state index contributed by atoms with van der Waals surface area (Å²) in [6.45, 7) is 13.9. The van der Waals surface area contributed by atoms with Crippen molar-refractivity contribution >= 4 is 73.5 Å². The molecule has 3 aliphatic heterocycles. The number of piperidine rings is 1. The molecular formula is C67H72N10O9. The van der Waals surface area contributed by atoms with Gasteiger partial charge in [0.25, 0.3) is 0 Å². The van der Waals surface area contributed by atoms with Gasteiger partial charge in [0.05, 0.1) is 38.8 Å². The second-order valence-electron chi connectivity index (χ2n) is 23.9. The highest BCUT2D eigenvalue weighted by molar-refractivity contribution is 6.16. The van der Waals surface area contributed by atoms with E-state index in [0.717, 1.165) is 88.3 Å². The molecule has 8 heterocycles. The fourth-order valence-electron chi connectivity index (χ4n) is 13.6. The minimum absolute atomic E-state index is 0.0390. The summed E-state index contributed by atoms with van der Waals surface area (Å²) < 4.78 is 11.1. The molecule has 19 heteroatoms. The van der Waals surface area contributed by atoms with E-state index in [9.17, 15) is 34.2 Å². The van der Waals surface area contributed by atoms with Crippen LogP contribution in [-0.2, 0) is 19.1 Å². The van der Waals surface area contributed by atoms with Crippen LogP contribution in [-0.4, -0.2) is 124 Å². The quantitative estimate of drug-likeness (QED) is 0.0112. The summed E-state index contributed by atoms with van der Waals surface area (Å²) in [5.74, 6) is -4.09. The van der Waals surface area contributed by atoms with Crippen molar-refractivity contribution in [3.63, 3.8) is 0 Å². The lowest BCUT2D eigenvalue weighted by atomic mass is 9.83. The molecule has 3 aromatic carbocycles. The third-order valence-electron chi connectivity index (χ3n) is 18.6. The number of aliphatic hydroxyl groups excluding tert-OH is 1. The maximum atomic E-state index is 14.6. The van der Waals surface area contributed by atoms with Crippen molar-refractivity contribution in [2.45, 2.75) is 128 Å². The number of aromatic nitrogens is 8. The fourth-order valence-corrected chi connectivity index (χ4v) is 13.6. The maximum absolute atomic E-state index is 14.6. The number of aryl methyl sites for hydroxylation is 2. The summed E-state index contributed by atoms with van der Waals surface area (Å²) in [7, 11) is 3.52. The van der Waals surface area contributed by atoms with Crippen LogP contribution < -0.4 is 10.1 Å². The predicted molar refractivity (Wildman–Crippen MR) is 327 cm³/mol. The number of imidazole rings is 2. The number of aliphatic hydroxyl groups is 1. The van der Waals surface area contributed by atoms with Crippen molar-refractivity contribution in [1.29, 1.82) is 0 Å². The number of ether oxygens (including phenoxy) is 2. The van der Waals surface area contributed by atoms with Gasteiger partial charge in [-0.2, -0.15) is 0 Å². The van der Waals surface area contributed by atoms with Gasteiger partial charge in [0, 0.05) is 99.7 Å². The summed E-state index contributed by atoms with van der Waals surface area (Å²) in [6, 6.07) is 25.1. The number of likely N-dealkylation sites (tertiary alicyclic amines) is 1. The standard InChI is InChI=1S/C67H72N10O9/c1-9-42-32(2)47-31-54-56(36(6)78)34(4)49(70-54)29-48-33(3)43(60(71-48)58-59(67(84)85-8)62(80)57-35(5)50(72-61(57)58)30-51(42)69-47)18-21-55(79)68-24-10-11-44(65(81)82)66(83)86-41-16-12-38(13-17-41)63-73-46-20-15-40(28-53(46)75-63)64-74-45-19-14-39(27-52(45)76-64)37-22-25-77(7)26-23-37/h12-17,19-20,27-33,37,42-44,59,67,70,72,84H,9-11,18,21-26H2,1-8H3,(H,68,79)(H,73,75)(H,74,76)(H,81,82)/t32-,33+,42-,43+,44?,59?,67?/m1/s1. The van der Waals surface area contributed by atoms with Gasteiger partial charge < -0.3 is 49.8 Å². The molecule has 1 aliphatic carbocycles. The van der Waals surface area contributed by atoms with Crippen molar-refractivity contribution in [2.24, 2.45) is 5.92 Å². The topological polar surface area (TPSA) is 274 Å². The van der Waals surface area contributed by atoms with Gasteiger partial charge in [0.15, 0.2) is 23.8 Å². The SMILES string of the molecule is CC[C@H]1c2cc3[nH]c4c(c3C)C(=O)C(C(O)OC)c4c3nc(cc4[nH]c(cc(n2)[C@@H]1C)c(C(C)=O)c4C)[C@@H](C)[C@@H]3CCC(=O)NCCCC(C(=O)O)C(=O)Oc1ccc(-c2nc3cc(-c4nc5ccc(C6CCN(C)CC6)cc5[nH]4)ccc3[nH]2)cc1. The average molecular weight is 1160 g/mol. The lowest BCUT2D eigenvalue weighted by Crippen LogP contribution is -2.30. The van der Waals surface area contributed by atoms with Gasteiger partial charge in [0.1, 0.15) is 23.3 Å². The number of aromatic amines is 4. The number of nitrogens with one attached hydrogen (secondary N) is 5. The number of benzene rings is 3. The number of fused-ring (bicyclic) bond motifs is 10. The number of ketones is 2. The molecule has 3 unspecified atom stereocenters. The Bertz CT molecular complexity index is 4200. The molecule has 1 saturated heterocycles. The highest BCUT2D eigenvalue weighted by Gasteiger charge is 2.45. The number of rotatable bonds is 17. The van der Waals surface area contributed by atoms with Crippen molar-refractivity contribution < 1.29 is 43.7 Å². The number of esters is 1. The average Bonchev–Trinajstić information content (AvgIpc) is 4.45. The van der Waals surface area contributed by atoms with Crippen molar-refractivity contribution in [1.82, 2.24) is 50.1 Å². The lowest BCUT2D eigenvalue weighted by Gasteiger charge is -2.29. The molecule has 12 rings (SSSR count). The summed E-state index contributed by atoms with van der Waals surface area (Å²) in [4.78, 5) is 104. The highest BCUT2D eigenvalue weighted by Crippen LogP contribution is 2.49. The third kappa shape index (κ3) is 10.7.